The Morgan fingerprint density at radius 1 is 1.08 bits per heavy atom. The number of morpholine rings is 1. The SMILES string of the molecule is CC(C)(C)OC(=O)N1CCN(C(CN2CCOCC2)C(=O)[O-])CC1.[Na+]. The number of nitrogens with zero attached hydrogens (tertiary/aromatic N) is 3. The summed E-state index contributed by atoms with van der Waals surface area (Å²) in [5, 5.41) is 11.6. The molecule has 138 valence electrons. The van der Waals surface area contributed by atoms with Crippen molar-refractivity contribution in [3.63, 3.8) is 0 Å². The molecule has 2 heterocycles. The van der Waals surface area contributed by atoms with Crippen LogP contribution in [0.5, 0.6) is 0 Å². The zero-order valence-corrected chi connectivity index (χ0v) is 17.8. The summed E-state index contributed by atoms with van der Waals surface area (Å²) in [5.74, 6) is -1.06. The second kappa shape index (κ2) is 10.1. The first-order chi connectivity index (χ1) is 11.3. The number of rotatable bonds is 4. The Morgan fingerprint density at radius 3 is 2.12 bits per heavy atom. The van der Waals surface area contributed by atoms with Crippen LogP contribution in [0.4, 0.5) is 4.79 Å². The van der Waals surface area contributed by atoms with Gasteiger partial charge in [-0.05, 0) is 20.8 Å². The van der Waals surface area contributed by atoms with E-state index >= 15 is 0 Å². The summed E-state index contributed by atoms with van der Waals surface area (Å²) in [6.45, 7) is 10.6. The molecule has 0 aromatic carbocycles. The molecule has 0 aromatic rings. The Bertz CT molecular complexity index is 444. The van der Waals surface area contributed by atoms with Crippen LogP contribution in [0.15, 0.2) is 0 Å². The molecule has 2 saturated heterocycles. The predicted molar refractivity (Wildman–Crippen MR) is 85.4 cm³/mol. The average Bonchev–Trinajstić information content (AvgIpc) is 2.52. The molecule has 8 nitrogen and oxygen atoms in total. The molecule has 1 atom stereocenters. The van der Waals surface area contributed by atoms with Crippen molar-refractivity contribution in [2.24, 2.45) is 0 Å². The van der Waals surface area contributed by atoms with Gasteiger partial charge < -0.3 is 24.3 Å². The predicted octanol–water partition coefficient (Wildman–Crippen LogP) is -4.01. The average molecular weight is 365 g/mol. The maximum atomic E-state index is 12.1. The van der Waals surface area contributed by atoms with Gasteiger partial charge in [0.25, 0.3) is 0 Å². The molecule has 0 bridgehead atoms. The second-order valence-corrected chi connectivity index (χ2v) is 7.25. The number of hydrogen-bond donors (Lipinski definition) is 0. The smallest absolute Gasteiger partial charge is 0.548 e. The molecule has 2 aliphatic rings. The van der Waals surface area contributed by atoms with Crippen LogP contribution < -0.4 is 34.7 Å². The standard InChI is InChI=1S/C16H29N3O5.Na/c1-16(2,3)24-15(22)19-6-4-18(5-7-19)13(14(20)21)12-17-8-10-23-11-9-17;/h13H,4-12H2,1-3H3,(H,20,21);/q;+1/p-1. The number of carbonyl (C=O) groups excluding carboxylic acids is 2. The summed E-state index contributed by atoms with van der Waals surface area (Å²) in [6.07, 6.45) is -0.347. The largest absolute Gasteiger partial charge is 1.00 e. The summed E-state index contributed by atoms with van der Waals surface area (Å²) < 4.78 is 10.7. The number of aliphatic carboxylic acids is 1. The minimum absolute atomic E-state index is 0. The molecule has 1 unspecified atom stereocenters. The van der Waals surface area contributed by atoms with Crippen molar-refractivity contribution >= 4 is 12.1 Å². The number of carbonyl (C=O) groups is 2. The van der Waals surface area contributed by atoms with Gasteiger partial charge in [0.05, 0.1) is 25.2 Å². The minimum atomic E-state index is -1.06. The zero-order valence-electron chi connectivity index (χ0n) is 15.8. The van der Waals surface area contributed by atoms with Crippen LogP contribution in [-0.2, 0) is 14.3 Å². The molecule has 9 heteroatoms. The van der Waals surface area contributed by atoms with Crippen LogP contribution in [0, 0.1) is 0 Å². The maximum Gasteiger partial charge on any atom is 1.00 e. The van der Waals surface area contributed by atoms with Crippen LogP contribution >= 0.6 is 0 Å². The van der Waals surface area contributed by atoms with E-state index in [1.807, 2.05) is 25.7 Å². The number of amides is 1. The van der Waals surface area contributed by atoms with E-state index in [0.717, 1.165) is 13.1 Å². The zero-order chi connectivity index (χ0) is 17.7. The Kier molecular flexibility index (Phi) is 9.14. The molecular formula is C16H28N3NaO5. The molecule has 25 heavy (non-hydrogen) atoms. The van der Waals surface area contributed by atoms with Crippen LogP contribution in [-0.4, -0.2) is 97.4 Å². The van der Waals surface area contributed by atoms with Crippen molar-refractivity contribution in [3.8, 4) is 0 Å². The number of piperazine rings is 1. The van der Waals surface area contributed by atoms with Crippen LogP contribution in [0.2, 0.25) is 0 Å². The van der Waals surface area contributed by atoms with E-state index in [4.69, 9.17) is 9.47 Å². The fourth-order valence-electron chi connectivity index (χ4n) is 2.91. The third-order valence-electron chi connectivity index (χ3n) is 4.21. The molecule has 0 aromatic heterocycles. The van der Waals surface area contributed by atoms with Gasteiger partial charge in [-0.2, -0.15) is 0 Å². The molecular weight excluding hydrogens is 337 g/mol. The van der Waals surface area contributed by atoms with Gasteiger partial charge in [-0.3, -0.25) is 9.80 Å². The van der Waals surface area contributed by atoms with Gasteiger partial charge in [0.15, 0.2) is 0 Å². The molecule has 0 spiro atoms. The van der Waals surface area contributed by atoms with E-state index in [-0.39, 0.29) is 35.7 Å². The first kappa shape index (κ1) is 22.7. The Balaban J connectivity index is 0.00000312. The molecule has 0 radical (unpaired) electrons. The van der Waals surface area contributed by atoms with Gasteiger partial charge >= 0.3 is 35.7 Å². The Morgan fingerprint density at radius 2 is 1.64 bits per heavy atom. The van der Waals surface area contributed by atoms with Crippen molar-refractivity contribution in [1.82, 2.24) is 14.7 Å². The first-order valence-corrected chi connectivity index (χ1v) is 8.49. The molecule has 0 saturated carbocycles. The van der Waals surface area contributed by atoms with E-state index in [2.05, 4.69) is 4.90 Å². The number of hydrogen-bond acceptors (Lipinski definition) is 7. The topological polar surface area (TPSA) is 85.4 Å². The molecule has 0 N–H and O–H groups in total. The monoisotopic (exact) mass is 365 g/mol. The number of carboxylic acids is 1. The van der Waals surface area contributed by atoms with E-state index in [1.54, 1.807) is 4.90 Å². The third kappa shape index (κ3) is 7.40. The van der Waals surface area contributed by atoms with E-state index in [9.17, 15) is 14.7 Å². The first-order valence-electron chi connectivity index (χ1n) is 8.49. The molecule has 1 amide bonds. The van der Waals surface area contributed by atoms with Crippen molar-refractivity contribution in [2.45, 2.75) is 32.4 Å². The number of carboxylic acid groups (broad SMARTS) is 1. The van der Waals surface area contributed by atoms with Crippen LogP contribution in [0.1, 0.15) is 20.8 Å². The summed E-state index contributed by atoms with van der Waals surface area (Å²) in [6, 6.07) is -0.663. The fraction of sp³-hybridized carbons (Fsp3) is 0.875. The molecule has 0 aliphatic carbocycles. The van der Waals surface area contributed by atoms with Crippen molar-refractivity contribution in [1.29, 1.82) is 0 Å². The normalized spacial score (nSPS) is 21.3. The quantitative estimate of drug-likeness (QED) is 0.470. The Hall–Kier alpha value is -0.380. The van der Waals surface area contributed by atoms with Gasteiger partial charge in [0.1, 0.15) is 5.60 Å². The molecule has 2 rings (SSSR count). The van der Waals surface area contributed by atoms with Gasteiger partial charge in [-0.15, -0.1) is 0 Å². The van der Waals surface area contributed by atoms with Gasteiger partial charge in [-0.1, -0.05) is 0 Å². The summed E-state index contributed by atoms with van der Waals surface area (Å²) in [5.41, 5.74) is -0.530. The summed E-state index contributed by atoms with van der Waals surface area (Å²) in [7, 11) is 0. The minimum Gasteiger partial charge on any atom is -0.548 e. The van der Waals surface area contributed by atoms with Gasteiger partial charge in [-0.25, -0.2) is 4.79 Å². The van der Waals surface area contributed by atoms with Crippen LogP contribution in [0.25, 0.3) is 0 Å². The van der Waals surface area contributed by atoms with E-state index in [1.165, 1.54) is 0 Å². The van der Waals surface area contributed by atoms with Crippen LogP contribution in [0.3, 0.4) is 0 Å². The maximum absolute atomic E-state index is 12.1. The van der Waals surface area contributed by atoms with E-state index in [0.29, 0.717) is 45.9 Å². The molecule has 2 fully saturated rings. The third-order valence-corrected chi connectivity index (χ3v) is 4.21. The van der Waals surface area contributed by atoms with E-state index < -0.39 is 17.6 Å². The molecule has 2 aliphatic heterocycles. The Labute approximate surface area is 171 Å². The second-order valence-electron chi connectivity index (χ2n) is 7.25. The van der Waals surface area contributed by atoms with Crippen molar-refractivity contribution in [2.75, 3.05) is 59.0 Å². The van der Waals surface area contributed by atoms with Crippen molar-refractivity contribution < 1.29 is 53.7 Å². The van der Waals surface area contributed by atoms with Crippen molar-refractivity contribution in [3.05, 3.63) is 0 Å². The number of ether oxygens (including phenoxy) is 2. The van der Waals surface area contributed by atoms with Gasteiger partial charge in [0, 0.05) is 45.8 Å². The van der Waals surface area contributed by atoms with Gasteiger partial charge in [0.2, 0.25) is 0 Å². The summed E-state index contributed by atoms with van der Waals surface area (Å²) >= 11 is 0. The summed E-state index contributed by atoms with van der Waals surface area (Å²) in [4.78, 5) is 29.2. The fourth-order valence-corrected chi connectivity index (χ4v) is 2.91.